The Balaban J connectivity index is 2.27. The number of rotatable bonds is 1. The number of hydrogen-bond donors (Lipinski definition) is 2. The third-order valence-corrected chi connectivity index (χ3v) is 2.69. The van der Waals surface area contributed by atoms with Gasteiger partial charge >= 0.3 is 0 Å². The standard InChI is InChI=1S/C12H12N4/c1-7-3-8(2)11-10(4-7)15-12(16-11)9-5-13-14-6-9/h3-6H,1-2H3,(H,13,14)(H,15,16). The van der Waals surface area contributed by atoms with Crippen molar-refractivity contribution in [1.82, 2.24) is 20.2 Å². The van der Waals surface area contributed by atoms with Crippen LogP contribution in [-0.2, 0) is 0 Å². The molecule has 0 aliphatic rings. The van der Waals surface area contributed by atoms with Crippen LogP contribution in [0.1, 0.15) is 11.1 Å². The van der Waals surface area contributed by atoms with Crippen LogP contribution in [0.5, 0.6) is 0 Å². The second kappa shape index (κ2) is 3.20. The van der Waals surface area contributed by atoms with Gasteiger partial charge in [-0.05, 0) is 31.0 Å². The molecule has 80 valence electrons. The Bertz CT molecular complexity index is 634. The molecular weight excluding hydrogens is 200 g/mol. The predicted molar refractivity (Wildman–Crippen MR) is 63.1 cm³/mol. The average Bonchev–Trinajstić information content (AvgIpc) is 2.82. The largest absolute Gasteiger partial charge is 0.338 e. The van der Waals surface area contributed by atoms with Gasteiger partial charge in [0, 0.05) is 6.20 Å². The van der Waals surface area contributed by atoms with Crippen LogP contribution in [0, 0.1) is 13.8 Å². The van der Waals surface area contributed by atoms with E-state index in [-0.39, 0.29) is 0 Å². The molecule has 1 aromatic carbocycles. The molecule has 3 rings (SSSR count). The molecule has 0 unspecified atom stereocenters. The number of fused-ring (bicyclic) bond motifs is 1. The highest BCUT2D eigenvalue weighted by atomic mass is 15.1. The predicted octanol–water partition coefficient (Wildman–Crippen LogP) is 2.57. The molecule has 0 spiro atoms. The number of nitrogens with one attached hydrogen (secondary N) is 2. The van der Waals surface area contributed by atoms with Crippen molar-refractivity contribution in [3.05, 3.63) is 35.7 Å². The van der Waals surface area contributed by atoms with E-state index in [0.717, 1.165) is 22.4 Å². The van der Waals surface area contributed by atoms with Crippen LogP contribution in [0.3, 0.4) is 0 Å². The Morgan fingerprint density at radius 3 is 2.81 bits per heavy atom. The number of benzene rings is 1. The van der Waals surface area contributed by atoms with Crippen molar-refractivity contribution < 1.29 is 0 Å². The van der Waals surface area contributed by atoms with Gasteiger partial charge in [0.15, 0.2) is 0 Å². The SMILES string of the molecule is Cc1cc(C)c2nc(-c3cn[nH]c3)[nH]c2c1. The summed E-state index contributed by atoms with van der Waals surface area (Å²) in [7, 11) is 0. The number of aromatic amines is 2. The Morgan fingerprint density at radius 1 is 1.19 bits per heavy atom. The molecule has 0 saturated heterocycles. The molecule has 0 saturated carbocycles. The van der Waals surface area contributed by atoms with Gasteiger partial charge in [-0.2, -0.15) is 5.10 Å². The molecule has 0 bridgehead atoms. The van der Waals surface area contributed by atoms with Crippen LogP contribution in [0.2, 0.25) is 0 Å². The van der Waals surface area contributed by atoms with Crippen molar-refractivity contribution >= 4 is 11.0 Å². The fraction of sp³-hybridized carbons (Fsp3) is 0.167. The van der Waals surface area contributed by atoms with Gasteiger partial charge in [0.05, 0.1) is 22.8 Å². The van der Waals surface area contributed by atoms with Crippen LogP contribution in [-0.4, -0.2) is 20.2 Å². The van der Waals surface area contributed by atoms with E-state index in [4.69, 9.17) is 0 Å². The molecule has 0 radical (unpaired) electrons. The smallest absolute Gasteiger partial charge is 0.141 e. The maximum absolute atomic E-state index is 4.58. The van der Waals surface area contributed by atoms with E-state index in [2.05, 4.69) is 46.1 Å². The molecule has 4 heteroatoms. The van der Waals surface area contributed by atoms with E-state index in [0.29, 0.717) is 0 Å². The molecule has 4 nitrogen and oxygen atoms in total. The second-order valence-corrected chi connectivity index (χ2v) is 4.05. The lowest BCUT2D eigenvalue weighted by molar-refractivity contribution is 1.09. The molecule has 0 atom stereocenters. The molecule has 0 amide bonds. The summed E-state index contributed by atoms with van der Waals surface area (Å²) in [6, 6.07) is 4.25. The molecule has 0 fully saturated rings. The number of aryl methyl sites for hydroxylation is 2. The number of aromatic nitrogens is 4. The Morgan fingerprint density at radius 2 is 2.06 bits per heavy atom. The normalized spacial score (nSPS) is 11.1. The van der Waals surface area contributed by atoms with E-state index in [1.807, 2.05) is 6.20 Å². The number of hydrogen-bond acceptors (Lipinski definition) is 2. The molecule has 2 heterocycles. The first-order valence-electron chi connectivity index (χ1n) is 5.20. The molecule has 16 heavy (non-hydrogen) atoms. The van der Waals surface area contributed by atoms with Crippen LogP contribution < -0.4 is 0 Å². The monoisotopic (exact) mass is 212 g/mol. The van der Waals surface area contributed by atoms with E-state index in [9.17, 15) is 0 Å². The van der Waals surface area contributed by atoms with Crippen LogP contribution in [0.4, 0.5) is 0 Å². The van der Waals surface area contributed by atoms with Crippen LogP contribution >= 0.6 is 0 Å². The summed E-state index contributed by atoms with van der Waals surface area (Å²) in [5, 5.41) is 6.71. The fourth-order valence-electron chi connectivity index (χ4n) is 1.99. The summed E-state index contributed by atoms with van der Waals surface area (Å²) in [4.78, 5) is 7.89. The minimum Gasteiger partial charge on any atom is -0.338 e. The lowest BCUT2D eigenvalue weighted by Gasteiger charge is -1.96. The van der Waals surface area contributed by atoms with Gasteiger partial charge in [0.25, 0.3) is 0 Å². The van der Waals surface area contributed by atoms with Crippen molar-refractivity contribution in [2.24, 2.45) is 0 Å². The summed E-state index contributed by atoms with van der Waals surface area (Å²) in [6.07, 6.45) is 3.60. The summed E-state index contributed by atoms with van der Waals surface area (Å²) in [6.45, 7) is 4.17. The van der Waals surface area contributed by atoms with Gasteiger partial charge in [-0.15, -0.1) is 0 Å². The first-order valence-corrected chi connectivity index (χ1v) is 5.20. The van der Waals surface area contributed by atoms with Gasteiger partial charge in [-0.3, -0.25) is 5.10 Å². The molecule has 2 N–H and O–H groups in total. The van der Waals surface area contributed by atoms with Gasteiger partial charge in [-0.1, -0.05) is 6.07 Å². The fourth-order valence-corrected chi connectivity index (χ4v) is 1.99. The minimum absolute atomic E-state index is 0.859. The lowest BCUT2D eigenvalue weighted by atomic mass is 10.1. The topological polar surface area (TPSA) is 57.4 Å². The van der Waals surface area contributed by atoms with Crippen molar-refractivity contribution in [2.75, 3.05) is 0 Å². The van der Waals surface area contributed by atoms with E-state index in [1.165, 1.54) is 11.1 Å². The zero-order chi connectivity index (χ0) is 11.1. The summed E-state index contributed by atoms with van der Waals surface area (Å²) in [5.41, 5.74) is 5.53. The highest BCUT2D eigenvalue weighted by Crippen LogP contribution is 2.22. The zero-order valence-electron chi connectivity index (χ0n) is 9.20. The quantitative estimate of drug-likeness (QED) is 0.651. The van der Waals surface area contributed by atoms with Crippen molar-refractivity contribution in [2.45, 2.75) is 13.8 Å². The van der Waals surface area contributed by atoms with Gasteiger partial charge < -0.3 is 4.98 Å². The first-order chi connectivity index (χ1) is 7.74. The van der Waals surface area contributed by atoms with Crippen LogP contribution in [0.25, 0.3) is 22.4 Å². The second-order valence-electron chi connectivity index (χ2n) is 4.05. The number of H-pyrrole nitrogens is 2. The minimum atomic E-state index is 0.859. The number of imidazole rings is 1. The van der Waals surface area contributed by atoms with Crippen molar-refractivity contribution in [1.29, 1.82) is 0 Å². The highest BCUT2D eigenvalue weighted by molar-refractivity contribution is 5.82. The lowest BCUT2D eigenvalue weighted by Crippen LogP contribution is -1.79. The average molecular weight is 212 g/mol. The molecule has 0 aliphatic carbocycles. The maximum Gasteiger partial charge on any atom is 0.141 e. The highest BCUT2D eigenvalue weighted by Gasteiger charge is 2.08. The third-order valence-electron chi connectivity index (χ3n) is 2.69. The maximum atomic E-state index is 4.58. The Kier molecular flexibility index (Phi) is 1.83. The molecule has 3 aromatic rings. The first kappa shape index (κ1) is 9.15. The van der Waals surface area contributed by atoms with Gasteiger partial charge in [-0.25, -0.2) is 4.98 Å². The van der Waals surface area contributed by atoms with E-state index in [1.54, 1.807) is 6.20 Å². The van der Waals surface area contributed by atoms with Gasteiger partial charge in [0.1, 0.15) is 5.82 Å². The van der Waals surface area contributed by atoms with Gasteiger partial charge in [0.2, 0.25) is 0 Å². The Labute approximate surface area is 92.7 Å². The zero-order valence-corrected chi connectivity index (χ0v) is 9.20. The summed E-state index contributed by atoms with van der Waals surface area (Å²) < 4.78 is 0. The third kappa shape index (κ3) is 1.31. The van der Waals surface area contributed by atoms with Crippen LogP contribution in [0.15, 0.2) is 24.5 Å². The van der Waals surface area contributed by atoms with E-state index < -0.39 is 0 Å². The molecule has 2 aromatic heterocycles. The molecule has 0 aliphatic heterocycles. The van der Waals surface area contributed by atoms with E-state index >= 15 is 0 Å². The Hall–Kier alpha value is -2.10. The number of nitrogens with zero attached hydrogens (tertiary/aromatic N) is 2. The molecular formula is C12H12N4. The summed E-state index contributed by atoms with van der Waals surface area (Å²) in [5.74, 6) is 0.859. The van der Waals surface area contributed by atoms with Crippen molar-refractivity contribution in [3.63, 3.8) is 0 Å². The van der Waals surface area contributed by atoms with Crippen molar-refractivity contribution in [3.8, 4) is 11.4 Å². The summed E-state index contributed by atoms with van der Waals surface area (Å²) >= 11 is 0.